The van der Waals surface area contributed by atoms with Crippen molar-refractivity contribution in [2.75, 3.05) is 12.8 Å². The van der Waals surface area contributed by atoms with Crippen molar-refractivity contribution in [2.24, 2.45) is 5.14 Å². The number of primary sulfonamides is 1. The standard InChI is InChI=1S/C8H12N2O3S/c1-5-7(13-2)3-6(9)4-8(5)14(10,11)12/h3-4H,9H2,1-2H3,(H2,10,11,12). The highest BCUT2D eigenvalue weighted by molar-refractivity contribution is 7.89. The van der Waals surface area contributed by atoms with Crippen LogP contribution in [0, 0.1) is 6.92 Å². The highest BCUT2D eigenvalue weighted by atomic mass is 32.2. The molecule has 0 saturated carbocycles. The lowest BCUT2D eigenvalue weighted by Gasteiger charge is -2.09. The van der Waals surface area contributed by atoms with E-state index in [1.807, 2.05) is 0 Å². The lowest BCUT2D eigenvalue weighted by atomic mass is 10.2. The monoisotopic (exact) mass is 216 g/mol. The van der Waals surface area contributed by atoms with Crippen molar-refractivity contribution in [3.05, 3.63) is 17.7 Å². The van der Waals surface area contributed by atoms with Crippen LogP contribution in [-0.4, -0.2) is 15.5 Å². The maximum atomic E-state index is 11.1. The number of nitrogen functional groups attached to an aromatic ring is 1. The summed E-state index contributed by atoms with van der Waals surface area (Å²) in [5, 5.41) is 5.01. The first-order valence-electron chi connectivity index (χ1n) is 3.83. The number of hydrogen-bond acceptors (Lipinski definition) is 4. The minimum absolute atomic E-state index is 0.00523. The van der Waals surface area contributed by atoms with Crippen LogP contribution in [0.4, 0.5) is 5.69 Å². The highest BCUT2D eigenvalue weighted by Gasteiger charge is 2.15. The minimum Gasteiger partial charge on any atom is -0.496 e. The number of methoxy groups -OCH3 is 1. The molecular formula is C8H12N2O3S. The van der Waals surface area contributed by atoms with Gasteiger partial charge in [0, 0.05) is 17.3 Å². The second kappa shape index (κ2) is 3.47. The molecule has 0 fully saturated rings. The zero-order chi connectivity index (χ0) is 10.9. The lowest BCUT2D eigenvalue weighted by Crippen LogP contribution is -2.14. The van der Waals surface area contributed by atoms with Crippen molar-refractivity contribution in [1.29, 1.82) is 0 Å². The molecule has 6 heteroatoms. The summed E-state index contributed by atoms with van der Waals surface area (Å²) in [7, 11) is -2.31. The van der Waals surface area contributed by atoms with Gasteiger partial charge in [0.25, 0.3) is 0 Å². The van der Waals surface area contributed by atoms with Crippen LogP contribution in [0.15, 0.2) is 17.0 Å². The summed E-state index contributed by atoms with van der Waals surface area (Å²) >= 11 is 0. The molecule has 1 rings (SSSR count). The van der Waals surface area contributed by atoms with Gasteiger partial charge in [-0.15, -0.1) is 0 Å². The molecular weight excluding hydrogens is 204 g/mol. The number of ether oxygens (including phenoxy) is 1. The van der Waals surface area contributed by atoms with Crippen LogP contribution in [0.5, 0.6) is 5.75 Å². The summed E-state index contributed by atoms with van der Waals surface area (Å²) in [4.78, 5) is -0.00523. The maximum absolute atomic E-state index is 11.1. The number of benzene rings is 1. The first-order valence-corrected chi connectivity index (χ1v) is 5.38. The number of anilines is 1. The fourth-order valence-corrected chi connectivity index (χ4v) is 2.02. The van der Waals surface area contributed by atoms with E-state index in [4.69, 9.17) is 15.6 Å². The Bertz CT molecular complexity index is 454. The van der Waals surface area contributed by atoms with E-state index in [1.165, 1.54) is 13.2 Å². The predicted octanol–water partition coefficient (Wildman–Crippen LogP) is 0.233. The summed E-state index contributed by atoms with van der Waals surface area (Å²) < 4.78 is 27.2. The van der Waals surface area contributed by atoms with Gasteiger partial charge in [-0.2, -0.15) is 0 Å². The Hall–Kier alpha value is -1.27. The first kappa shape index (κ1) is 10.8. The normalized spacial score (nSPS) is 11.4. The van der Waals surface area contributed by atoms with E-state index >= 15 is 0 Å². The SMILES string of the molecule is COc1cc(N)cc(S(N)(=O)=O)c1C. The van der Waals surface area contributed by atoms with Crippen molar-refractivity contribution in [2.45, 2.75) is 11.8 Å². The van der Waals surface area contributed by atoms with E-state index < -0.39 is 10.0 Å². The van der Waals surface area contributed by atoms with Gasteiger partial charge in [0.1, 0.15) is 5.75 Å². The average molecular weight is 216 g/mol. The first-order chi connectivity index (χ1) is 6.36. The summed E-state index contributed by atoms with van der Waals surface area (Å²) in [6, 6.07) is 2.86. The molecule has 0 aromatic heterocycles. The molecule has 0 bridgehead atoms. The van der Waals surface area contributed by atoms with Gasteiger partial charge in [-0.3, -0.25) is 0 Å². The van der Waals surface area contributed by atoms with Gasteiger partial charge in [0.2, 0.25) is 10.0 Å². The second-order valence-corrected chi connectivity index (χ2v) is 4.42. The molecule has 0 saturated heterocycles. The molecule has 0 unspecified atom stereocenters. The van der Waals surface area contributed by atoms with Gasteiger partial charge in [-0.1, -0.05) is 0 Å². The zero-order valence-electron chi connectivity index (χ0n) is 7.94. The van der Waals surface area contributed by atoms with E-state index in [9.17, 15) is 8.42 Å². The summed E-state index contributed by atoms with van der Waals surface area (Å²) in [6.07, 6.45) is 0. The molecule has 0 heterocycles. The van der Waals surface area contributed by atoms with Crippen LogP contribution in [0.1, 0.15) is 5.56 Å². The topological polar surface area (TPSA) is 95.4 Å². The average Bonchev–Trinajstić information content (AvgIpc) is 2.06. The number of sulfonamides is 1. The fourth-order valence-electron chi connectivity index (χ4n) is 1.19. The third kappa shape index (κ3) is 1.97. The molecule has 1 aromatic rings. The third-order valence-corrected chi connectivity index (χ3v) is 2.90. The number of nitrogens with two attached hydrogens (primary N) is 2. The van der Waals surface area contributed by atoms with E-state index in [0.29, 0.717) is 17.0 Å². The Morgan fingerprint density at radius 1 is 1.36 bits per heavy atom. The Kier molecular flexibility index (Phi) is 2.68. The molecule has 1 aromatic carbocycles. The quantitative estimate of drug-likeness (QED) is 0.692. The van der Waals surface area contributed by atoms with Crippen LogP contribution in [0.3, 0.4) is 0 Å². The van der Waals surface area contributed by atoms with Crippen molar-refractivity contribution in [3.63, 3.8) is 0 Å². The molecule has 0 atom stereocenters. The lowest BCUT2D eigenvalue weighted by molar-refractivity contribution is 0.410. The summed E-state index contributed by atoms with van der Waals surface area (Å²) in [6.45, 7) is 1.61. The molecule has 14 heavy (non-hydrogen) atoms. The third-order valence-electron chi connectivity index (χ3n) is 1.86. The summed E-state index contributed by atoms with van der Waals surface area (Å²) in [5.74, 6) is 0.411. The van der Waals surface area contributed by atoms with Gasteiger partial charge in [0.15, 0.2) is 0 Å². The molecule has 0 radical (unpaired) electrons. The van der Waals surface area contributed by atoms with Crippen molar-refractivity contribution < 1.29 is 13.2 Å². The molecule has 0 aliphatic heterocycles. The van der Waals surface area contributed by atoms with Crippen LogP contribution in [-0.2, 0) is 10.0 Å². The van der Waals surface area contributed by atoms with Crippen molar-refractivity contribution in [3.8, 4) is 5.75 Å². The maximum Gasteiger partial charge on any atom is 0.238 e. The van der Waals surface area contributed by atoms with E-state index in [1.54, 1.807) is 13.0 Å². The number of hydrogen-bond donors (Lipinski definition) is 2. The van der Waals surface area contributed by atoms with E-state index in [0.717, 1.165) is 0 Å². The van der Waals surface area contributed by atoms with Crippen LogP contribution >= 0.6 is 0 Å². The Labute approximate surface area is 82.7 Å². The van der Waals surface area contributed by atoms with Crippen LogP contribution in [0.2, 0.25) is 0 Å². The molecule has 0 amide bonds. The molecule has 78 valence electrons. The van der Waals surface area contributed by atoms with Crippen LogP contribution < -0.4 is 15.6 Å². The smallest absolute Gasteiger partial charge is 0.238 e. The van der Waals surface area contributed by atoms with Gasteiger partial charge in [0.05, 0.1) is 12.0 Å². The molecule has 5 nitrogen and oxygen atoms in total. The fraction of sp³-hybridized carbons (Fsp3) is 0.250. The summed E-state index contributed by atoms with van der Waals surface area (Å²) in [5.41, 5.74) is 6.27. The zero-order valence-corrected chi connectivity index (χ0v) is 8.76. The van der Waals surface area contributed by atoms with Gasteiger partial charge < -0.3 is 10.5 Å². The Morgan fingerprint density at radius 2 is 1.93 bits per heavy atom. The predicted molar refractivity (Wildman–Crippen MR) is 53.5 cm³/mol. The highest BCUT2D eigenvalue weighted by Crippen LogP contribution is 2.27. The van der Waals surface area contributed by atoms with Gasteiger partial charge in [-0.05, 0) is 13.0 Å². The van der Waals surface area contributed by atoms with E-state index in [2.05, 4.69) is 0 Å². The van der Waals surface area contributed by atoms with Gasteiger partial charge in [-0.25, -0.2) is 13.6 Å². The number of rotatable bonds is 2. The van der Waals surface area contributed by atoms with Gasteiger partial charge >= 0.3 is 0 Å². The van der Waals surface area contributed by atoms with E-state index in [-0.39, 0.29) is 4.90 Å². The Morgan fingerprint density at radius 3 is 2.36 bits per heavy atom. The molecule has 0 aliphatic rings. The largest absolute Gasteiger partial charge is 0.496 e. The Balaban J connectivity index is 3.53. The van der Waals surface area contributed by atoms with Crippen LogP contribution in [0.25, 0.3) is 0 Å². The molecule has 0 spiro atoms. The molecule has 0 aliphatic carbocycles. The second-order valence-electron chi connectivity index (χ2n) is 2.89. The van der Waals surface area contributed by atoms with Crippen molar-refractivity contribution in [1.82, 2.24) is 0 Å². The molecule has 4 N–H and O–H groups in total. The minimum atomic E-state index is -3.75. The van der Waals surface area contributed by atoms with Crippen molar-refractivity contribution >= 4 is 15.7 Å².